The molecule has 0 aliphatic carbocycles. The van der Waals surface area contributed by atoms with Crippen molar-refractivity contribution in [2.75, 3.05) is 0 Å². The van der Waals surface area contributed by atoms with Gasteiger partial charge < -0.3 is 10.2 Å². The van der Waals surface area contributed by atoms with Gasteiger partial charge in [-0.3, -0.25) is 0 Å². The lowest BCUT2D eigenvalue weighted by atomic mass is 10.4. The van der Waals surface area contributed by atoms with E-state index in [9.17, 15) is 0 Å². The third-order valence-corrected chi connectivity index (χ3v) is 2.60. The Morgan fingerprint density at radius 1 is 1.44 bits per heavy atom. The molecule has 0 atom stereocenters. The van der Waals surface area contributed by atoms with Crippen molar-refractivity contribution in [3.63, 3.8) is 0 Å². The van der Waals surface area contributed by atoms with Gasteiger partial charge in [0, 0.05) is 0 Å². The first-order valence-electron chi connectivity index (χ1n) is 4.23. The Bertz CT molecular complexity index is 524. The van der Waals surface area contributed by atoms with Gasteiger partial charge >= 0.3 is 0 Å². The van der Waals surface area contributed by atoms with Crippen molar-refractivity contribution in [2.24, 2.45) is 10.7 Å². The van der Waals surface area contributed by atoms with Crippen LogP contribution in [-0.4, -0.2) is 15.8 Å². The first kappa shape index (κ1) is 11.3. The van der Waals surface area contributed by atoms with Gasteiger partial charge in [-0.25, -0.2) is 15.0 Å². The molecule has 16 heavy (non-hydrogen) atoms. The highest BCUT2D eigenvalue weighted by molar-refractivity contribution is 9.11. The van der Waals surface area contributed by atoms with Gasteiger partial charge in [0.05, 0.1) is 12.5 Å². The molecule has 0 saturated heterocycles. The third-order valence-electron chi connectivity index (χ3n) is 1.68. The number of aromatic nitrogens is 2. The zero-order valence-electron chi connectivity index (χ0n) is 7.89. The van der Waals surface area contributed by atoms with E-state index in [1.807, 2.05) is 0 Å². The molecule has 0 aliphatic heterocycles. The number of aliphatic imine (C=N–C) groups is 1. The van der Waals surface area contributed by atoms with E-state index in [1.165, 1.54) is 6.26 Å². The Labute approximate surface area is 108 Å². The molecule has 0 saturated carbocycles. The largest absolute Gasteiger partial charge is 0.461 e. The Morgan fingerprint density at radius 2 is 2.25 bits per heavy atom. The predicted molar refractivity (Wildman–Crippen MR) is 66.5 cm³/mol. The molecule has 2 aromatic rings. The second-order valence-electron chi connectivity index (χ2n) is 2.78. The summed E-state index contributed by atoms with van der Waals surface area (Å²) in [6.45, 7) is 0. The van der Waals surface area contributed by atoms with E-state index in [4.69, 9.17) is 10.2 Å². The Balaban J connectivity index is 2.36. The number of rotatable bonds is 2. The Kier molecular flexibility index (Phi) is 3.35. The molecular formula is C9H6Br2N4O. The van der Waals surface area contributed by atoms with Crippen LogP contribution in [0.4, 0.5) is 5.82 Å². The van der Waals surface area contributed by atoms with Gasteiger partial charge in [-0.1, -0.05) is 0 Å². The van der Waals surface area contributed by atoms with Crippen LogP contribution in [0.5, 0.6) is 0 Å². The first-order chi connectivity index (χ1) is 7.66. The van der Waals surface area contributed by atoms with Gasteiger partial charge in [0.15, 0.2) is 22.0 Å². The maximum atomic E-state index is 5.73. The minimum absolute atomic E-state index is 0.252. The highest BCUT2D eigenvalue weighted by Crippen LogP contribution is 2.22. The summed E-state index contributed by atoms with van der Waals surface area (Å²) in [7, 11) is 0. The lowest BCUT2D eigenvalue weighted by Crippen LogP contribution is -2.11. The zero-order chi connectivity index (χ0) is 11.5. The molecule has 0 radical (unpaired) electrons. The van der Waals surface area contributed by atoms with Gasteiger partial charge in [0.1, 0.15) is 4.60 Å². The average molecular weight is 346 g/mol. The van der Waals surface area contributed by atoms with Crippen LogP contribution in [0.3, 0.4) is 0 Å². The topological polar surface area (TPSA) is 77.3 Å². The summed E-state index contributed by atoms with van der Waals surface area (Å²) in [6.07, 6.45) is 3.07. The monoisotopic (exact) mass is 344 g/mol. The summed E-state index contributed by atoms with van der Waals surface area (Å²) in [6, 6.07) is 3.46. The molecule has 2 aromatic heterocycles. The second kappa shape index (κ2) is 4.75. The maximum Gasteiger partial charge on any atom is 0.187 e. The van der Waals surface area contributed by atoms with Gasteiger partial charge in [-0.2, -0.15) is 0 Å². The molecule has 0 bridgehead atoms. The fraction of sp³-hybridized carbons (Fsp3) is 0. The van der Waals surface area contributed by atoms with Crippen LogP contribution >= 0.6 is 31.9 Å². The SMILES string of the molecule is NC(=Nc1ncc(Br)nc1Br)c1ccco1. The van der Waals surface area contributed by atoms with E-state index in [0.717, 1.165) is 0 Å². The third kappa shape index (κ3) is 2.48. The quantitative estimate of drug-likeness (QED) is 0.670. The Hall–Kier alpha value is -1.21. The molecule has 0 unspecified atom stereocenters. The highest BCUT2D eigenvalue weighted by Gasteiger charge is 2.06. The minimum Gasteiger partial charge on any atom is -0.461 e. The van der Waals surface area contributed by atoms with Crippen LogP contribution in [0.25, 0.3) is 0 Å². The first-order valence-corrected chi connectivity index (χ1v) is 5.81. The van der Waals surface area contributed by atoms with E-state index >= 15 is 0 Å². The van der Waals surface area contributed by atoms with Crippen LogP contribution in [0.2, 0.25) is 0 Å². The van der Waals surface area contributed by atoms with Gasteiger partial charge in [0.25, 0.3) is 0 Å². The second-order valence-corrected chi connectivity index (χ2v) is 4.35. The standard InChI is InChI=1S/C9H6Br2N4O/c10-6-4-13-9(7(11)14-6)15-8(12)5-2-1-3-16-5/h1-4H,(H2,12,13,15). The molecule has 0 spiro atoms. The fourth-order valence-corrected chi connectivity index (χ4v) is 1.91. The maximum absolute atomic E-state index is 5.73. The molecule has 5 nitrogen and oxygen atoms in total. The summed E-state index contributed by atoms with van der Waals surface area (Å²) in [4.78, 5) is 12.2. The summed E-state index contributed by atoms with van der Waals surface area (Å²) < 4.78 is 6.23. The number of nitrogens with zero attached hydrogens (tertiary/aromatic N) is 3. The van der Waals surface area contributed by atoms with Crippen molar-refractivity contribution in [1.29, 1.82) is 0 Å². The average Bonchev–Trinajstić information content (AvgIpc) is 2.75. The van der Waals surface area contributed by atoms with Gasteiger partial charge in [-0.15, -0.1) is 0 Å². The number of halogens is 2. The summed E-state index contributed by atoms with van der Waals surface area (Å²) in [5, 5.41) is 0. The molecular weight excluding hydrogens is 340 g/mol. The zero-order valence-corrected chi connectivity index (χ0v) is 11.1. The smallest absolute Gasteiger partial charge is 0.187 e. The summed E-state index contributed by atoms with van der Waals surface area (Å²) in [5.74, 6) is 1.15. The number of nitrogens with two attached hydrogens (primary N) is 1. The molecule has 0 fully saturated rings. The number of furan rings is 1. The van der Waals surface area contributed by atoms with Crippen molar-refractivity contribution in [3.8, 4) is 0 Å². The van der Waals surface area contributed by atoms with Crippen molar-refractivity contribution >= 4 is 43.5 Å². The predicted octanol–water partition coefficient (Wildman–Crippen LogP) is 2.63. The number of amidine groups is 1. The van der Waals surface area contributed by atoms with Crippen molar-refractivity contribution < 1.29 is 4.42 Å². The van der Waals surface area contributed by atoms with Crippen molar-refractivity contribution in [2.45, 2.75) is 0 Å². The Morgan fingerprint density at radius 3 is 2.88 bits per heavy atom. The van der Waals surface area contributed by atoms with Crippen molar-refractivity contribution in [3.05, 3.63) is 39.6 Å². The lowest BCUT2D eigenvalue weighted by Gasteiger charge is -1.99. The van der Waals surface area contributed by atoms with Crippen LogP contribution in [0.15, 0.2) is 43.2 Å². The minimum atomic E-state index is 0.252. The van der Waals surface area contributed by atoms with E-state index in [-0.39, 0.29) is 5.84 Å². The molecule has 0 amide bonds. The van der Waals surface area contributed by atoms with Crippen LogP contribution in [0.1, 0.15) is 5.76 Å². The molecule has 0 aliphatic rings. The fourth-order valence-electron chi connectivity index (χ4n) is 1.01. The van der Waals surface area contributed by atoms with E-state index in [0.29, 0.717) is 20.8 Å². The number of hydrogen-bond donors (Lipinski definition) is 1. The molecule has 2 heterocycles. The molecule has 2 rings (SSSR count). The van der Waals surface area contributed by atoms with Gasteiger partial charge in [-0.05, 0) is 44.0 Å². The molecule has 0 aromatic carbocycles. The lowest BCUT2D eigenvalue weighted by molar-refractivity contribution is 0.557. The van der Waals surface area contributed by atoms with E-state index < -0.39 is 0 Å². The summed E-state index contributed by atoms with van der Waals surface area (Å²) in [5.41, 5.74) is 5.73. The highest BCUT2D eigenvalue weighted by atomic mass is 79.9. The number of hydrogen-bond acceptors (Lipinski definition) is 4. The van der Waals surface area contributed by atoms with E-state index in [1.54, 1.807) is 18.3 Å². The van der Waals surface area contributed by atoms with Crippen LogP contribution in [0, 0.1) is 0 Å². The molecule has 7 heteroatoms. The van der Waals surface area contributed by atoms with Crippen LogP contribution in [-0.2, 0) is 0 Å². The van der Waals surface area contributed by atoms with Crippen LogP contribution < -0.4 is 5.73 Å². The molecule has 2 N–H and O–H groups in total. The van der Waals surface area contributed by atoms with Crippen molar-refractivity contribution in [1.82, 2.24) is 9.97 Å². The molecule has 82 valence electrons. The van der Waals surface area contributed by atoms with E-state index in [2.05, 4.69) is 46.8 Å². The normalized spacial score (nSPS) is 11.8. The summed E-state index contributed by atoms with van der Waals surface area (Å²) >= 11 is 6.44. The van der Waals surface area contributed by atoms with Gasteiger partial charge in [0.2, 0.25) is 0 Å².